The minimum Gasteiger partial charge on any atom is -0.382 e. The van der Waals surface area contributed by atoms with Gasteiger partial charge in [-0.05, 0) is 59.7 Å². The Morgan fingerprint density at radius 2 is 1.63 bits per heavy atom. The van der Waals surface area contributed by atoms with E-state index in [1.54, 1.807) is 29.0 Å². The summed E-state index contributed by atoms with van der Waals surface area (Å²) in [7, 11) is 0. The molecular weight excluding hydrogens is 531 g/mol. The lowest BCUT2D eigenvalue weighted by molar-refractivity contribution is 0.0117. The molecule has 11 heteroatoms. The second-order valence-corrected chi connectivity index (χ2v) is 9.69. The molecule has 206 valence electrons. The first-order chi connectivity index (χ1) is 19.9. The van der Waals surface area contributed by atoms with E-state index in [1.165, 1.54) is 35.5 Å². The highest BCUT2D eigenvalue weighted by atomic mass is 19.1. The van der Waals surface area contributed by atoms with Crippen LogP contribution in [0.4, 0.5) is 13.2 Å². The molecule has 0 aliphatic carbocycles. The number of benzene rings is 2. The van der Waals surface area contributed by atoms with Crippen molar-refractivity contribution in [2.75, 3.05) is 6.54 Å². The quantitative estimate of drug-likeness (QED) is 0.268. The summed E-state index contributed by atoms with van der Waals surface area (Å²) in [4.78, 5) is 8.00. The van der Waals surface area contributed by atoms with E-state index in [2.05, 4.69) is 20.4 Å². The number of halogens is 3. The monoisotopic (exact) mass is 555 g/mol. The Bertz CT molecular complexity index is 1790. The lowest BCUT2D eigenvalue weighted by atomic mass is 9.92. The molecule has 2 aromatic carbocycles. The van der Waals surface area contributed by atoms with Crippen molar-refractivity contribution in [3.05, 3.63) is 127 Å². The summed E-state index contributed by atoms with van der Waals surface area (Å²) in [6, 6.07) is 16.9. The molecule has 0 fully saturated rings. The number of aromatic nitrogens is 6. The van der Waals surface area contributed by atoms with Crippen molar-refractivity contribution in [1.29, 1.82) is 0 Å². The fraction of sp³-hybridized carbons (Fsp3) is 0.133. The number of nitrogens with one attached hydrogen (secondary N) is 1. The first-order valence-corrected chi connectivity index (χ1v) is 12.8. The van der Waals surface area contributed by atoms with Gasteiger partial charge in [-0.1, -0.05) is 12.1 Å². The molecule has 0 aliphatic rings. The van der Waals surface area contributed by atoms with Gasteiger partial charge in [0, 0.05) is 54.4 Å². The number of hydrogen-bond donors (Lipinski definition) is 2. The van der Waals surface area contributed by atoms with E-state index in [1.807, 2.05) is 30.5 Å². The molecule has 0 unspecified atom stereocenters. The molecule has 2 N–H and O–H groups in total. The van der Waals surface area contributed by atoms with Gasteiger partial charge in [0.15, 0.2) is 0 Å². The average molecular weight is 556 g/mol. The maximum atomic E-state index is 14.7. The van der Waals surface area contributed by atoms with Gasteiger partial charge < -0.3 is 10.4 Å². The van der Waals surface area contributed by atoms with Crippen molar-refractivity contribution >= 4 is 5.52 Å². The zero-order valence-electron chi connectivity index (χ0n) is 21.6. The van der Waals surface area contributed by atoms with Crippen LogP contribution in [0.1, 0.15) is 11.1 Å². The summed E-state index contributed by atoms with van der Waals surface area (Å²) in [5.41, 5.74) is 3.13. The van der Waals surface area contributed by atoms with Crippen LogP contribution in [0, 0.1) is 17.5 Å². The van der Waals surface area contributed by atoms with E-state index in [9.17, 15) is 18.3 Å². The number of aliphatic hydroxyl groups is 1. The summed E-state index contributed by atoms with van der Waals surface area (Å²) >= 11 is 0. The molecule has 0 spiro atoms. The van der Waals surface area contributed by atoms with Crippen molar-refractivity contribution in [3.63, 3.8) is 0 Å². The molecule has 0 saturated carbocycles. The third kappa shape index (κ3) is 5.45. The van der Waals surface area contributed by atoms with Gasteiger partial charge >= 0.3 is 0 Å². The number of rotatable bonds is 9. The minimum atomic E-state index is -1.74. The number of nitrogens with zero attached hydrogens (tertiary/aromatic N) is 6. The van der Waals surface area contributed by atoms with Crippen LogP contribution < -0.4 is 5.32 Å². The van der Waals surface area contributed by atoms with Gasteiger partial charge in [-0.2, -0.15) is 10.2 Å². The summed E-state index contributed by atoms with van der Waals surface area (Å²) < 4.78 is 45.1. The molecule has 8 nitrogen and oxygen atoms in total. The number of pyridine rings is 2. The van der Waals surface area contributed by atoms with Gasteiger partial charge in [0.05, 0.1) is 12.1 Å². The lowest BCUT2D eigenvalue weighted by Gasteiger charge is -2.29. The Balaban J connectivity index is 1.29. The largest absolute Gasteiger partial charge is 0.382 e. The van der Waals surface area contributed by atoms with Crippen molar-refractivity contribution in [1.82, 2.24) is 34.7 Å². The van der Waals surface area contributed by atoms with Crippen LogP contribution in [0.25, 0.3) is 27.9 Å². The highest BCUT2D eigenvalue weighted by Crippen LogP contribution is 2.35. The molecule has 0 aliphatic heterocycles. The first kappa shape index (κ1) is 26.4. The predicted octanol–water partition coefficient (Wildman–Crippen LogP) is 4.75. The van der Waals surface area contributed by atoms with Crippen LogP contribution in [0.2, 0.25) is 0 Å². The summed E-state index contributed by atoms with van der Waals surface area (Å²) in [6.07, 6.45) is 7.99. The van der Waals surface area contributed by atoms with Gasteiger partial charge in [0.2, 0.25) is 0 Å². The molecule has 0 radical (unpaired) electrons. The van der Waals surface area contributed by atoms with E-state index in [0.717, 1.165) is 39.9 Å². The van der Waals surface area contributed by atoms with Crippen LogP contribution in [-0.4, -0.2) is 41.0 Å². The van der Waals surface area contributed by atoms with Crippen molar-refractivity contribution in [3.8, 4) is 22.4 Å². The number of hydrogen-bond acceptors (Lipinski definition) is 6. The molecule has 0 bridgehead atoms. The van der Waals surface area contributed by atoms with Crippen LogP contribution in [0.3, 0.4) is 0 Å². The van der Waals surface area contributed by atoms with Crippen LogP contribution in [0.5, 0.6) is 0 Å². The molecule has 6 aromatic rings. The van der Waals surface area contributed by atoms with Gasteiger partial charge in [-0.3, -0.25) is 4.98 Å². The predicted molar refractivity (Wildman–Crippen MR) is 146 cm³/mol. The van der Waals surface area contributed by atoms with Gasteiger partial charge in [0.25, 0.3) is 0 Å². The molecule has 6 rings (SSSR count). The fourth-order valence-electron chi connectivity index (χ4n) is 4.91. The third-order valence-corrected chi connectivity index (χ3v) is 6.85. The van der Waals surface area contributed by atoms with Gasteiger partial charge in [-0.15, -0.1) is 0 Å². The molecule has 0 saturated heterocycles. The average Bonchev–Trinajstić information content (AvgIpc) is 3.61. The Labute approximate surface area is 232 Å². The maximum Gasteiger partial charge on any atom is 0.137 e. The molecule has 1 atom stereocenters. The van der Waals surface area contributed by atoms with E-state index < -0.39 is 17.2 Å². The van der Waals surface area contributed by atoms with Gasteiger partial charge in [-0.25, -0.2) is 27.4 Å². The molecule has 41 heavy (non-hydrogen) atoms. The third-order valence-electron chi connectivity index (χ3n) is 6.85. The Morgan fingerprint density at radius 1 is 0.854 bits per heavy atom. The topological polar surface area (TPSA) is 93.2 Å². The van der Waals surface area contributed by atoms with E-state index in [4.69, 9.17) is 5.10 Å². The smallest absolute Gasteiger partial charge is 0.137 e. The second kappa shape index (κ2) is 11.0. The Hall–Kier alpha value is -4.87. The molecule has 0 amide bonds. The Kier molecular flexibility index (Phi) is 7.04. The zero-order valence-corrected chi connectivity index (χ0v) is 21.6. The molecule has 4 aromatic heterocycles. The Morgan fingerprint density at radius 3 is 2.37 bits per heavy atom. The summed E-state index contributed by atoms with van der Waals surface area (Å²) in [5, 5.41) is 23.6. The molecular formula is C30H24F3N7O. The van der Waals surface area contributed by atoms with Crippen molar-refractivity contribution in [2.45, 2.75) is 18.7 Å². The van der Waals surface area contributed by atoms with E-state index in [-0.39, 0.29) is 24.5 Å². The SMILES string of the molecule is O[C@](CNCc1ccc2c(-c3ccncc3)c(-c3ccc(F)cc3)nn2c1)(Cn1cncn1)c1ccc(F)cc1F. The standard InChI is InChI=1S/C30H24F3N7O/c31-23-4-2-22(3-5-23)29-28(21-9-11-34-12-10-21)27-8-1-20(15-40(27)38-29)14-35-16-30(41,17-39-19-36-18-37-39)25-7-6-24(32)13-26(25)33/h1-13,15,18-19,35,41H,14,16-17H2/t30-/m1/s1. The van der Waals surface area contributed by atoms with E-state index >= 15 is 0 Å². The zero-order chi connectivity index (χ0) is 28.4. The number of fused-ring (bicyclic) bond motifs is 1. The maximum absolute atomic E-state index is 14.7. The highest BCUT2D eigenvalue weighted by Gasteiger charge is 2.33. The first-order valence-electron chi connectivity index (χ1n) is 12.8. The molecule has 4 heterocycles. The normalized spacial score (nSPS) is 13.0. The minimum absolute atomic E-state index is 0.0599. The fourth-order valence-corrected chi connectivity index (χ4v) is 4.91. The van der Waals surface area contributed by atoms with Crippen LogP contribution in [-0.2, 0) is 18.7 Å². The lowest BCUT2D eigenvalue weighted by Crippen LogP contribution is -2.42. The van der Waals surface area contributed by atoms with Gasteiger partial charge in [0.1, 0.15) is 41.4 Å². The summed E-state index contributed by atoms with van der Waals surface area (Å²) in [6.45, 7) is 0.154. The second-order valence-electron chi connectivity index (χ2n) is 9.69. The van der Waals surface area contributed by atoms with Crippen LogP contribution >= 0.6 is 0 Å². The van der Waals surface area contributed by atoms with E-state index in [0.29, 0.717) is 12.2 Å². The van der Waals surface area contributed by atoms with Crippen molar-refractivity contribution < 1.29 is 18.3 Å². The van der Waals surface area contributed by atoms with Crippen LogP contribution in [0.15, 0.2) is 98.0 Å². The highest BCUT2D eigenvalue weighted by molar-refractivity contribution is 5.92. The van der Waals surface area contributed by atoms with Crippen molar-refractivity contribution in [2.24, 2.45) is 0 Å². The summed E-state index contributed by atoms with van der Waals surface area (Å²) in [5.74, 6) is -1.93.